The highest BCUT2D eigenvalue weighted by Gasteiger charge is 2.23. The van der Waals surface area contributed by atoms with Crippen LogP contribution in [0.15, 0.2) is 47.0 Å². The van der Waals surface area contributed by atoms with Gasteiger partial charge in [-0.05, 0) is 30.7 Å². The molecule has 0 aliphatic carbocycles. The number of nitrogens with one attached hydrogen (secondary N) is 2. The molecule has 1 fully saturated rings. The molecule has 1 aliphatic heterocycles. The number of halogens is 1. The molecule has 2 aromatic heterocycles. The van der Waals surface area contributed by atoms with Crippen molar-refractivity contribution in [1.29, 1.82) is 0 Å². The molecule has 9 nitrogen and oxygen atoms in total. The third-order valence-corrected chi connectivity index (χ3v) is 5.42. The van der Waals surface area contributed by atoms with E-state index < -0.39 is 5.91 Å². The van der Waals surface area contributed by atoms with Gasteiger partial charge in [0.2, 0.25) is 17.6 Å². The number of ether oxygens (including phenoxy) is 1. The van der Waals surface area contributed by atoms with Crippen LogP contribution in [0.4, 0.5) is 11.5 Å². The van der Waals surface area contributed by atoms with Crippen LogP contribution in [0.3, 0.4) is 0 Å². The number of carbonyl (C=O) groups is 3. The number of carbonyl (C=O) groups excluding carboxylic acids is 3. The van der Waals surface area contributed by atoms with Gasteiger partial charge in [-0.25, -0.2) is 4.98 Å². The molecule has 10 heteroatoms. The minimum absolute atomic E-state index is 0.00962. The maximum absolute atomic E-state index is 12.9. The number of rotatable bonds is 7. The molecule has 0 spiro atoms. The van der Waals surface area contributed by atoms with E-state index in [4.69, 9.17) is 20.8 Å². The predicted octanol–water partition coefficient (Wildman–Crippen LogP) is 3.70. The summed E-state index contributed by atoms with van der Waals surface area (Å²) in [7, 11) is 0. The summed E-state index contributed by atoms with van der Waals surface area (Å²) in [5.74, 6) is -0.598. The number of benzene rings is 1. The second-order valence-electron chi connectivity index (χ2n) is 7.51. The van der Waals surface area contributed by atoms with Gasteiger partial charge in [0.25, 0.3) is 5.91 Å². The SMILES string of the molecule is O=C(CCCC(=O)N1CCOCC1)Nc1c(C(=O)Nc2ccc(Cl)cn2)oc2ccccc12. The topological polar surface area (TPSA) is 114 Å². The van der Waals surface area contributed by atoms with E-state index in [0.29, 0.717) is 54.5 Å². The summed E-state index contributed by atoms with van der Waals surface area (Å²) in [4.78, 5) is 43.5. The van der Waals surface area contributed by atoms with Gasteiger partial charge in [-0.2, -0.15) is 0 Å². The zero-order valence-electron chi connectivity index (χ0n) is 17.8. The van der Waals surface area contributed by atoms with Crippen molar-refractivity contribution in [3.63, 3.8) is 0 Å². The Labute approximate surface area is 195 Å². The molecule has 33 heavy (non-hydrogen) atoms. The van der Waals surface area contributed by atoms with E-state index >= 15 is 0 Å². The number of amides is 3. The highest BCUT2D eigenvalue weighted by molar-refractivity contribution is 6.30. The Hall–Kier alpha value is -3.43. The minimum Gasteiger partial charge on any atom is -0.449 e. The van der Waals surface area contributed by atoms with Crippen molar-refractivity contribution in [1.82, 2.24) is 9.88 Å². The normalized spacial score (nSPS) is 13.7. The molecule has 1 aliphatic rings. The summed E-state index contributed by atoms with van der Waals surface area (Å²) in [6.07, 6.45) is 2.22. The van der Waals surface area contributed by atoms with Gasteiger partial charge < -0.3 is 24.7 Å². The van der Waals surface area contributed by atoms with Crippen LogP contribution in [0.1, 0.15) is 29.8 Å². The average Bonchev–Trinajstić information content (AvgIpc) is 3.19. The number of furan rings is 1. The maximum Gasteiger partial charge on any atom is 0.294 e. The lowest BCUT2D eigenvalue weighted by Crippen LogP contribution is -2.40. The molecule has 0 radical (unpaired) electrons. The first-order valence-corrected chi connectivity index (χ1v) is 11.0. The summed E-state index contributed by atoms with van der Waals surface area (Å²) in [5, 5.41) is 6.47. The first-order chi connectivity index (χ1) is 16.0. The lowest BCUT2D eigenvalue weighted by atomic mass is 10.1. The lowest BCUT2D eigenvalue weighted by Gasteiger charge is -2.26. The number of fused-ring (bicyclic) bond motifs is 1. The molecule has 3 heterocycles. The largest absolute Gasteiger partial charge is 0.449 e. The molecular formula is C23H23ClN4O5. The van der Waals surface area contributed by atoms with Gasteiger partial charge >= 0.3 is 0 Å². The van der Waals surface area contributed by atoms with E-state index in [1.807, 2.05) is 0 Å². The van der Waals surface area contributed by atoms with Crippen LogP contribution in [-0.2, 0) is 14.3 Å². The van der Waals surface area contributed by atoms with Crippen molar-refractivity contribution in [2.24, 2.45) is 0 Å². The lowest BCUT2D eigenvalue weighted by molar-refractivity contribution is -0.135. The van der Waals surface area contributed by atoms with Crippen LogP contribution >= 0.6 is 11.6 Å². The summed E-state index contributed by atoms with van der Waals surface area (Å²) in [5.41, 5.74) is 0.742. The van der Waals surface area contributed by atoms with Crippen molar-refractivity contribution >= 4 is 51.8 Å². The highest BCUT2D eigenvalue weighted by Crippen LogP contribution is 2.31. The zero-order valence-corrected chi connectivity index (χ0v) is 18.6. The number of hydrogen-bond acceptors (Lipinski definition) is 6. The smallest absolute Gasteiger partial charge is 0.294 e. The molecule has 0 bridgehead atoms. The number of anilines is 2. The second kappa shape index (κ2) is 10.5. The third-order valence-electron chi connectivity index (χ3n) is 5.19. The zero-order chi connectivity index (χ0) is 23.2. The Kier molecular flexibility index (Phi) is 7.21. The third kappa shape index (κ3) is 5.68. The van der Waals surface area contributed by atoms with Crippen molar-refractivity contribution in [3.8, 4) is 0 Å². The Morgan fingerprint density at radius 3 is 2.58 bits per heavy atom. The van der Waals surface area contributed by atoms with Crippen LogP contribution in [0.5, 0.6) is 0 Å². The molecule has 1 saturated heterocycles. The van der Waals surface area contributed by atoms with E-state index in [1.54, 1.807) is 41.3 Å². The van der Waals surface area contributed by atoms with Crippen molar-refractivity contribution in [2.45, 2.75) is 19.3 Å². The standard InChI is InChI=1S/C23H23ClN4O5/c24-15-8-9-18(25-14-15)26-23(31)22-21(16-4-1-2-5-17(16)33-22)27-19(29)6-3-7-20(30)28-10-12-32-13-11-28/h1-2,4-5,8-9,14H,3,6-7,10-13H2,(H,27,29)(H,25,26,31). The number of pyridine rings is 1. The van der Waals surface area contributed by atoms with E-state index in [1.165, 1.54) is 6.20 Å². The Morgan fingerprint density at radius 2 is 1.82 bits per heavy atom. The average molecular weight is 471 g/mol. The van der Waals surface area contributed by atoms with Crippen molar-refractivity contribution in [2.75, 3.05) is 36.9 Å². The fourth-order valence-corrected chi connectivity index (χ4v) is 3.64. The summed E-state index contributed by atoms with van der Waals surface area (Å²) in [6, 6.07) is 10.2. The van der Waals surface area contributed by atoms with Gasteiger partial charge in [-0.15, -0.1) is 0 Å². The molecule has 1 aromatic carbocycles. The molecule has 3 amide bonds. The van der Waals surface area contributed by atoms with Crippen LogP contribution in [0.2, 0.25) is 5.02 Å². The van der Waals surface area contributed by atoms with Crippen LogP contribution in [0.25, 0.3) is 11.0 Å². The maximum atomic E-state index is 12.9. The monoisotopic (exact) mass is 470 g/mol. The molecule has 0 unspecified atom stereocenters. The summed E-state index contributed by atoms with van der Waals surface area (Å²) >= 11 is 5.84. The summed E-state index contributed by atoms with van der Waals surface area (Å²) < 4.78 is 11.0. The minimum atomic E-state index is -0.557. The quantitative estimate of drug-likeness (QED) is 0.544. The van der Waals surface area contributed by atoms with Gasteiger partial charge in [0.1, 0.15) is 17.1 Å². The van der Waals surface area contributed by atoms with Crippen molar-refractivity contribution in [3.05, 3.63) is 53.4 Å². The molecule has 0 saturated carbocycles. The van der Waals surface area contributed by atoms with Crippen LogP contribution < -0.4 is 10.6 Å². The number of para-hydroxylation sites is 1. The Bertz CT molecular complexity index is 1160. The molecule has 172 valence electrons. The predicted molar refractivity (Wildman–Crippen MR) is 123 cm³/mol. The van der Waals surface area contributed by atoms with Gasteiger partial charge in [0, 0.05) is 37.5 Å². The first-order valence-electron chi connectivity index (χ1n) is 10.6. The van der Waals surface area contributed by atoms with Crippen LogP contribution in [0, 0.1) is 0 Å². The van der Waals surface area contributed by atoms with E-state index in [9.17, 15) is 14.4 Å². The summed E-state index contributed by atoms with van der Waals surface area (Å²) in [6.45, 7) is 2.23. The van der Waals surface area contributed by atoms with Gasteiger partial charge in [0.15, 0.2) is 0 Å². The molecule has 0 atom stereocenters. The van der Waals surface area contributed by atoms with E-state index in [0.717, 1.165) is 0 Å². The Balaban J connectivity index is 1.42. The van der Waals surface area contributed by atoms with Gasteiger partial charge in [0.05, 0.1) is 18.2 Å². The van der Waals surface area contributed by atoms with E-state index in [-0.39, 0.29) is 36.1 Å². The fraction of sp³-hybridized carbons (Fsp3) is 0.304. The second-order valence-corrected chi connectivity index (χ2v) is 7.95. The number of aromatic nitrogens is 1. The molecule has 4 rings (SSSR count). The fourth-order valence-electron chi connectivity index (χ4n) is 3.53. The van der Waals surface area contributed by atoms with E-state index in [2.05, 4.69) is 15.6 Å². The molecule has 2 N–H and O–H groups in total. The number of hydrogen-bond donors (Lipinski definition) is 2. The van der Waals surface area contributed by atoms with Crippen molar-refractivity contribution < 1.29 is 23.5 Å². The number of morpholine rings is 1. The van der Waals surface area contributed by atoms with Gasteiger partial charge in [-0.3, -0.25) is 14.4 Å². The first kappa shape index (κ1) is 22.8. The Morgan fingerprint density at radius 1 is 1.03 bits per heavy atom. The number of nitrogens with zero attached hydrogens (tertiary/aromatic N) is 2. The van der Waals surface area contributed by atoms with Crippen LogP contribution in [-0.4, -0.2) is 53.9 Å². The molecular weight excluding hydrogens is 448 g/mol. The van der Waals surface area contributed by atoms with Gasteiger partial charge in [-0.1, -0.05) is 23.7 Å². The highest BCUT2D eigenvalue weighted by atomic mass is 35.5. The molecule has 3 aromatic rings.